The minimum Gasteiger partial charge on any atom is -0.310 e. The van der Waals surface area contributed by atoms with E-state index >= 15 is 0 Å². The second-order valence-corrected chi connectivity index (χ2v) is 7.14. The van der Waals surface area contributed by atoms with Crippen LogP contribution in [-0.2, 0) is 0 Å². The van der Waals surface area contributed by atoms with Crippen LogP contribution in [0.3, 0.4) is 0 Å². The van der Waals surface area contributed by atoms with E-state index in [0.29, 0.717) is 11.5 Å². The van der Waals surface area contributed by atoms with Gasteiger partial charge in [-0.3, -0.25) is 0 Å². The van der Waals surface area contributed by atoms with Crippen molar-refractivity contribution < 1.29 is 0 Å². The molecular weight excluding hydrogens is 214 g/mol. The lowest BCUT2D eigenvalue weighted by molar-refractivity contribution is 0.268. The highest BCUT2D eigenvalue weighted by Crippen LogP contribution is 2.33. The molecule has 2 unspecified atom stereocenters. The predicted octanol–water partition coefficient (Wildman–Crippen LogP) is 3.93. The van der Waals surface area contributed by atoms with E-state index < -0.39 is 0 Å². The summed E-state index contributed by atoms with van der Waals surface area (Å²) in [7, 11) is 0. The van der Waals surface area contributed by atoms with Gasteiger partial charge in [0, 0.05) is 17.8 Å². The molecule has 96 valence electrons. The van der Waals surface area contributed by atoms with Crippen LogP contribution >= 0.6 is 11.8 Å². The van der Waals surface area contributed by atoms with Crippen LogP contribution in [0.4, 0.5) is 0 Å². The van der Waals surface area contributed by atoms with E-state index in [4.69, 9.17) is 0 Å². The van der Waals surface area contributed by atoms with E-state index in [2.05, 4.69) is 51.7 Å². The lowest BCUT2D eigenvalue weighted by Crippen LogP contribution is -2.46. The molecule has 2 heteroatoms. The molecule has 1 aliphatic rings. The Morgan fingerprint density at radius 2 is 1.94 bits per heavy atom. The summed E-state index contributed by atoms with van der Waals surface area (Å²) in [6.45, 7) is 11.8. The van der Waals surface area contributed by atoms with Crippen molar-refractivity contribution in [1.82, 2.24) is 5.32 Å². The van der Waals surface area contributed by atoms with Crippen molar-refractivity contribution in [3.63, 3.8) is 0 Å². The molecule has 0 aromatic carbocycles. The minimum absolute atomic E-state index is 0.522. The molecule has 1 nitrogen and oxygen atoms in total. The third kappa shape index (κ3) is 4.29. The maximum atomic E-state index is 3.86. The molecular formula is C14H29NS. The molecule has 0 saturated carbocycles. The van der Waals surface area contributed by atoms with Crippen molar-refractivity contribution in [3.05, 3.63) is 0 Å². The average Bonchev–Trinajstić information content (AvgIpc) is 2.17. The highest BCUT2D eigenvalue weighted by atomic mass is 32.2. The topological polar surface area (TPSA) is 12.0 Å². The van der Waals surface area contributed by atoms with Gasteiger partial charge in [0.25, 0.3) is 0 Å². The molecule has 1 heterocycles. The summed E-state index contributed by atoms with van der Waals surface area (Å²) in [6.07, 6.45) is 3.94. The van der Waals surface area contributed by atoms with Gasteiger partial charge in [-0.1, -0.05) is 40.5 Å². The van der Waals surface area contributed by atoms with Gasteiger partial charge in [0.15, 0.2) is 0 Å². The Balaban J connectivity index is 2.41. The van der Waals surface area contributed by atoms with Crippen molar-refractivity contribution in [3.8, 4) is 0 Å². The molecule has 0 aliphatic carbocycles. The SMILES string of the molecule is CCC(CC)C(C)NC1CSCC(C)(C)C1. The number of thioether (sulfide) groups is 1. The molecule has 2 atom stereocenters. The van der Waals surface area contributed by atoms with Crippen LogP contribution in [0.2, 0.25) is 0 Å². The Labute approximate surface area is 106 Å². The van der Waals surface area contributed by atoms with Crippen molar-refractivity contribution in [2.45, 2.75) is 66.0 Å². The highest BCUT2D eigenvalue weighted by Gasteiger charge is 2.29. The first-order valence-electron chi connectivity index (χ1n) is 6.82. The van der Waals surface area contributed by atoms with Crippen molar-refractivity contribution >= 4 is 11.8 Å². The Hall–Kier alpha value is 0.310. The molecule has 16 heavy (non-hydrogen) atoms. The molecule has 0 amide bonds. The first-order valence-corrected chi connectivity index (χ1v) is 7.97. The molecule has 0 aromatic heterocycles. The molecule has 0 bridgehead atoms. The second-order valence-electron chi connectivity index (χ2n) is 6.11. The summed E-state index contributed by atoms with van der Waals surface area (Å²) >= 11 is 2.12. The zero-order valence-corrected chi connectivity index (χ0v) is 12.5. The largest absolute Gasteiger partial charge is 0.310 e. The van der Waals surface area contributed by atoms with Gasteiger partial charge in [0.1, 0.15) is 0 Å². The average molecular weight is 243 g/mol. The van der Waals surface area contributed by atoms with Crippen LogP contribution in [0.5, 0.6) is 0 Å². The summed E-state index contributed by atoms with van der Waals surface area (Å²) in [5.74, 6) is 3.47. The number of rotatable bonds is 5. The van der Waals surface area contributed by atoms with Crippen LogP contribution in [-0.4, -0.2) is 23.6 Å². The van der Waals surface area contributed by atoms with Crippen LogP contribution in [0.25, 0.3) is 0 Å². The summed E-state index contributed by atoms with van der Waals surface area (Å²) in [4.78, 5) is 0. The fourth-order valence-electron chi connectivity index (χ4n) is 2.87. The van der Waals surface area contributed by atoms with E-state index in [1.54, 1.807) is 0 Å². The zero-order valence-electron chi connectivity index (χ0n) is 11.7. The molecule has 1 aliphatic heterocycles. The van der Waals surface area contributed by atoms with Crippen molar-refractivity contribution in [2.24, 2.45) is 11.3 Å². The third-order valence-corrected chi connectivity index (χ3v) is 5.49. The Morgan fingerprint density at radius 3 is 2.44 bits per heavy atom. The van der Waals surface area contributed by atoms with E-state index in [1.807, 2.05) is 0 Å². The smallest absolute Gasteiger partial charge is 0.0166 e. The second kappa shape index (κ2) is 6.30. The molecule has 0 radical (unpaired) electrons. The summed E-state index contributed by atoms with van der Waals surface area (Å²) in [6, 6.07) is 1.40. The normalized spacial score (nSPS) is 27.0. The van der Waals surface area contributed by atoms with Gasteiger partial charge < -0.3 is 5.32 Å². The summed E-state index contributed by atoms with van der Waals surface area (Å²) in [5.41, 5.74) is 0.522. The molecule has 1 N–H and O–H groups in total. The first-order chi connectivity index (χ1) is 7.48. The quantitative estimate of drug-likeness (QED) is 0.785. The Kier molecular flexibility index (Phi) is 5.66. The molecule has 0 spiro atoms. The third-order valence-electron chi connectivity index (χ3n) is 3.87. The van der Waals surface area contributed by atoms with Gasteiger partial charge >= 0.3 is 0 Å². The Morgan fingerprint density at radius 1 is 1.31 bits per heavy atom. The van der Waals surface area contributed by atoms with E-state index in [9.17, 15) is 0 Å². The summed E-state index contributed by atoms with van der Waals surface area (Å²) in [5, 5.41) is 3.86. The van der Waals surface area contributed by atoms with Gasteiger partial charge in [-0.15, -0.1) is 0 Å². The number of nitrogens with one attached hydrogen (secondary N) is 1. The zero-order chi connectivity index (χ0) is 12.2. The molecule has 0 aromatic rings. The minimum atomic E-state index is 0.522. The fourth-order valence-corrected chi connectivity index (χ4v) is 4.16. The van der Waals surface area contributed by atoms with Gasteiger partial charge in [-0.2, -0.15) is 11.8 Å². The lowest BCUT2D eigenvalue weighted by Gasteiger charge is -2.38. The van der Waals surface area contributed by atoms with Crippen molar-refractivity contribution in [2.75, 3.05) is 11.5 Å². The number of hydrogen-bond donors (Lipinski definition) is 1. The molecule has 1 fully saturated rings. The van der Waals surface area contributed by atoms with E-state index in [1.165, 1.54) is 30.8 Å². The van der Waals surface area contributed by atoms with Gasteiger partial charge in [0.2, 0.25) is 0 Å². The van der Waals surface area contributed by atoms with Crippen molar-refractivity contribution in [1.29, 1.82) is 0 Å². The van der Waals surface area contributed by atoms with E-state index in [0.717, 1.165) is 12.0 Å². The summed E-state index contributed by atoms with van der Waals surface area (Å²) < 4.78 is 0. The van der Waals surface area contributed by atoms with Crippen LogP contribution in [0.15, 0.2) is 0 Å². The van der Waals surface area contributed by atoms with E-state index in [-0.39, 0.29) is 0 Å². The molecule has 1 saturated heterocycles. The Bertz CT molecular complexity index is 199. The van der Waals surface area contributed by atoms with Crippen LogP contribution in [0, 0.1) is 11.3 Å². The van der Waals surface area contributed by atoms with Gasteiger partial charge in [-0.05, 0) is 30.4 Å². The first kappa shape index (κ1) is 14.4. The van der Waals surface area contributed by atoms with Gasteiger partial charge in [0.05, 0.1) is 0 Å². The maximum Gasteiger partial charge on any atom is 0.0166 e. The van der Waals surface area contributed by atoms with Crippen LogP contribution in [0.1, 0.15) is 53.9 Å². The monoisotopic (exact) mass is 243 g/mol. The lowest BCUT2D eigenvalue weighted by atomic mass is 9.86. The standard InChI is InChI=1S/C14H29NS/c1-6-12(7-2)11(3)15-13-8-14(4,5)10-16-9-13/h11-13,15H,6-10H2,1-5H3. The fraction of sp³-hybridized carbons (Fsp3) is 1.00. The maximum absolute atomic E-state index is 3.86. The molecule has 1 rings (SSSR count). The van der Waals surface area contributed by atoms with Crippen LogP contribution < -0.4 is 5.32 Å². The predicted molar refractivity (Wildman–Crippen MR) is 76.2 cm³/mol. The highest BCUT2D eigenvalue weighted by molar-refractivity contribution is 7.99. The van der Waals surface area contributed by atoms with Gasteiger partial charge in [-0.25, -0.2) is 0 Å². The number of hydrogen-bond acceptors (Lipinski definition) is 2.